The molecule has 2 heterocycles. The van der Waals surface area contributed by atoms with Crippen molar-refractivity contribution in [2.75, 3.05) is 19.6 Å². The van der Waals surface area contributed by atoms with Crippen LogP contribution < -0.4 is 10.1 Å². The molecule has 0 aliphatic carbocycles. The Kier molecular flexibility index (Phi) is 8.80. The summed E-state index contributed by atoms with van der Waals surface area (Å²) in [5.74, 6) is 0.445. The minimum absolute atomic E-state index is 0.142. The monoisotopic (exact) mass is 563 g/mol. The van der Waals surface area contributed by atoms with Gasteiger partial charge in [0.1, 0.15) is 0 Å². The molecular formula is C29H34AsN3O4. The molecule has 37 heavy (non-hydrogen) atoms. The van der Waals surface area contributed by atoms with Crippen LogP contribution in [0.1, 0.15) is 47.8 Å². The third kappa shape index (κ3) is 7.07. The number of ether oxygens (including phenoxy) is 1. The van der Waals surface area contributed by atoms with Crippen molar-refractivity contribution in [3.05, 3.63) is 83.6 Å². The number of hydrogen-bond donors (Lipinski definition) is 2. The van der Waals surface area contributed by atoms with E-state index < -0.39 is 21.6 Å². The van der Waals surface area contributed by atoms with E-state index in [1.807, 2.05) is 44.2 Å². The number of aromatic nitrogens is 1. The molecule has 1 amide bonds. The first-order valence-electron chi connectivity index (χ1n) is 12.5. The second kappa shape index (κ2) is 12.0. The molecule has 2 N–H and O–H groups in total. The van der Waals surface area contributed by atoms with E-state index >= 15 is 0 Å². The number of para-hydroxylation sites is 1. The molecule has 1 unspecified atom stereocenters. The number of hydrogen-bond acceptors (Lipinski definition) is 6. The Morgan fingerprint density at radius 3 is 2.54 bits per heavy atom. The van der Waals surface area contributed by atoms with E-state index in [4.69, 9.17) is 4.74 Å². The van der Waals surface area contributed by atoms with Gasteiger partial charge < -0.3 is 0 Å². The Morgan fingerprint density at radius 2 is 1.86 bits per heavy atom. The summed E-state index contributed by atoms with van der Waals surface area (Å²) in [7, 11) is 0. The molecule has 0 saturated carbocycles. The fourth-order valence-electron chi connectivity index (χ4n) is 4.90. The first kappa shape index (κ1) is 27.1. The van der Waals surface area contributed by atoms with Gasteiger partial charge in [0, 0.05) is 11.1 Å². The predicted molar refractivity (Wildman–Crippen MR) is 147 cm³/mol. The SMILES string of the molecule is C=C(C)CN1CCC(CC(=O)[AsH]O)(NC(=O)c2ccc(OCc3cc(C)nc4ccccc34)cc2)CC1. The molecule has 1 fully saturated rings. The molecule has 1 aliphatic heterocycles. The molecule has 194 valence electrons. The number of likely N-dealkylation sites (tertiary alicyclic amines) is 1. The van der Waals surface area contributed by atoms with Crippen molar-refractivity contribution < 1.29 is 18.4 Å². The van der Waals surface area contributed by atoms with Crippen molar-refractivity contribution in [2.45, 2.75) is 45.3 Å². The summed E-state index contributed by atoms with van der Waals surface area (Å²) in [6.07, 6.45) is 1.49. The summed E-state index contributed by atoms with van der Waals surface area (Å²) < 4.78 is 15.3. The molecule has 0 bridgehead atoms. The van der Waals surface area contributed by atoms with Crippen LogP contribution in [0.4, 0.5) is 0 Å². The van der Waals surface area contributed by atoms with Crippen LogP contribution in [-0.4, -0.2) is 65.7 Å². The van der Waals surface area contributed by atoms with Crippen LogP contribution in [0.25, 0.3) is 10.9 Å². The van der Waals surface area contributed by atoms with Crippen LogP contribution >= 0.6 is 0 Å². The normalized spacial score (nSPS) is 15.6. The minimum atomic E-state index is -1.64. The number of nitrogens with zero attached hydrogens (tertiary/aromatic N) is 2. The Hall–Kier alpha value is -2.99. The Morgan fingerprint density at radius 1 is 1.16 bits per heavy atom. The van der Waals surface area contributed by atoms with Crippen molar-refractivity contribution >= 4 is 37.5 Å². The number of benzene rings is 2. The molecule has 0 radical (unpaired) electrons. The van der Waals surface area contributed by atoms with Gasteiger partial charge in [-0.3, -0.25) is 4.98 Å². The maximum atomic E-state index is 13.2. The van der Waals surface area contributed by atoms with Crippen LogP contribution in [-0.2, 0) is 11.4 Å². The number of nitrogens with one attached hydrogen (secondary N) is 1. The number of fused-ring (bicyclic) bond motifs is 1. The molecule has 1 aromatic heterocycles. The number of carbonyl (C=O) groups is 2. The zero-order valence-corrected chi connectivity index (χ0v) is 23.5. The summed E-state index contributed by atoms with van der Waals surface area (Å²) in [6.45, 7) is 10.7. The van der Waals surface area contributed by atoms with E-state index in [-0.39, 0.29) is 16.9 Å². The number of amides is 1. The third-order valence-corrected chi connectivity index (χ3v) is 7.64. The number of rotatable bonds is 10. The van der Waals surface area contributed by atoms with Gasteiger partial charge in [-0.1, -0.05) is 18.2 Å². The summed E-state index contributed by atoms with van der Waals surface area (Å²) >= 11 is -1.64. The van der Waals surface area contributed by atoms with Gasteiger partial charge in [0.25, 0.3) is 0 Å². The molecule has 8 heteroatoms. The molecule has 4 rings (SSSR count). The van der Waals surface area contributed by atoms with Crippen molar-refractivity contribution in [1.82, 2.24) is 15.2 Å². The summed E-state index contributed by atoms with van der Waals surface area (Å²) in [5, 5.41) is 4.20. The van der Waals surface area contributed by atoms with Gasteiger partial charge in [-0.2, -0.15) is 0 Å². The van der Waals surface area contributed by atoms with E-state index in [2.05, 4.69) is 21.8 Å². The van der Waals surface area contributed by atoms with Gasteiger partial charge in [-0.15, -0.1) is 0 Å². The van der Waals surface area contributed by atoms with Crippen molar-refractivity contribution in [3.8, 4) is 5.75 Å². The van der Waals surface area contributed by atoms with E-state index in [1.54, 1.807) is 24.3 Å². The summed E-state index contributed by atoms with van der Waals surface area (Å²) in [6, 6.07) is 17.1. The molecule has 7 nitrogen and oxygen atoms in total. The van der Waals surface area contributed by atoms with Crippen molar-refractivity contribution in [3.63, 3.8) is 0 Å². The topological polar surface area (TPSA) is 91.8 Å². The first-order valence-corrected chi connectivity index (χ1v) is 14.5. The Bertz CT molecular complexity index is 1280. The molecule has 1 atom stereocenters. The van der Waals surface area contributed by atoms with Crippen LogP contribution in [0.2, 0.25) is 0 Å². The fraction of sp³-hybridized carbons (Fsp3) is 0.345. The van der Waals surface area contributed by atoms with Gasteiger partial charge in [0.2, 0.25) is 0 Å². The van der Waals surface area contributed by atoms with Gasteiger partial charge in [-0.25, -0.2) is 0 Å². The maximum absolute atomic E-state index is 13.2. The summed E-state index contributed by atoms with van der Waals surface area (Å²) in [5.41, 5.74) is 3.89. The average Bonchev–Trinajstić information content (AvgIpc) is 2.88. The standard InChI is InChI=1S/C29H34AsN3O4/c1-20(2)18-33-14-12-29(13-15-33,17-27(34)30-36)32-28(35)22-8-10-24(11-9-22)37-19-23-16-21(3)31-26-7-5-4-6-25(23)26/h4-11,16,30,36H,1,12-15,17-19H2,2-3H3,(H,32,35). The van der Waals surface area contributed by atoms with E-state index in [0.717, 1.165) is 47.4 Å². The zero-order valence-electron chi connectivity index (χ0n) is 21.4. The number of aryl methyl sites for hydroxylation is 1. The molecule has 3 aromatic rings. The Labute approximate surface area is 225 Å². The number of piperidine rings is 1. The third-order valence-electron chi connectivity index (χ3n) is 6.75. The second-order valence-electron chi connectivity index (χ2n) is 9.93. The number of carbonyl (C=O) groups excluding carboxylic acids is 2. The Balaban J connectivity index is 1.41. The first-order chi connectivity index (χ1) is 17.8. The molecular weight excluding hydrogens is 529 g/mol. The van der Waals surface area contributed by atoms with Crippen LogP contribution in [0.5, 0.6) is 5.75 Å². The quantitative estimate of drug-likeness (QED) is 0.290. The van der Waals surface area contributed by atoms with Gasteiger partial charge in [0.05, 0.1) is 5.52 Å². The average molecular weight is 564 g/mol. The number of pyridine rings is 1. The van der Waals surface area contributed by atoms with Gasteiger partial charge in [-0.05, 0) is 19.1 Å². The van der Waals surface area contributed by atoms with Crippen LogP contribution in [0.3, 0.4) is 0 Å². The molecule has 0 spiro atoms. The van der Waals surface area contributed by atoms with Crippen molar-refractivity contribution in [2.24, 2.45) is 0 Å². The summed E-state index contributed by atoms with van der Waals surface area (Å²) in [4.78, 5) is 32.2. The second-order valence-corrected chi connectivity index (χ2v) is 11.6. The zero-order chi connectivity index (χ0) is 26.4. The van der Waals surface area contributed by atoms with Gasteiger partial charge in [0.15, 0.2) is 0 Å². The van der Waals surface area contributed by atoms with E-state index in [0.29, 0.717) is 30.8 Å². The van der Waals surface area contributed by atoms with Gasteiger partial charge >= 0.3 is 166 Å². The van der Waals surface area contributed by atoms with Crippen LogP contribution in [0, 0.1) is 6.92 Å². The molecule has 1 aliphatic rings. The molecule has 1 saturated heterocycles. The van der Waals surface area contributed by atoms with E-state index in [9.17, 15) is 13.7 Å². The van der Waals surface area contributed by atoms with Crippen LogP contribution in [0.15, 0.2) is 66.7 Å². The predicted octanol–water partition coefficient (Wildman–Crippen LogP) is 3.52. The van der Waals surface area contributed by atoms with E-state index in [1.165, 1.54) is 0 Å². The van der Waals surface area contributed by atoms with Crippen molar-refractivity contribution in [1.29, 1.82) is 0 Å². The fourth-order valence-corrected chi connectivity index (χ4v) is 5.78. The molecule has 2 aromatic carbocycles.